The van der Waals surface area contributed by atoms with E-state index < -0.39 is 21.2 Å². The van der Waals surface area contributed by atoms with E-state index in [4.69, 9.17) is 10.4 Å². The lowest BCUT2D eigenvalue weighted by atomic mass is 10.2. The van der Waals surface area contributed by atoms with Crippen molar-refractivity contribution >= 4 is 37.6 Å². The molecule has 0 aliphatic heterocycles. The van der Waals surface area contributed by atoms with E-state index in [1.165, 1.54) is 25.1 Å². The van der Waals surface area contributed by atoms with Crippen molar-refractivity contribution in [2.24, 2.45) is 0 Å². The maximum absolute atomic E-state index is 11.7. The Morgan fingerprint density at radius 1 is 1.56 bits per heavy atom. The molecule has 0 aliphatic carbocycles. The number of nitrogens with zero attached hydrogens (tertiary/aromatic N) is 1. The highest BCUT2D eigenvalue weighted by Crippen LogP contribution is 2.23. The molecule has 1 unspecified atom stereocenters. The summed E-state index contributed by atoms with van der Waals surface area (Å²) in [6.07, 6.45) is 0. The van der Waals surface area contributed by atoms with Gasteiger partial charge in [0.1, 0.15) is 0 Å². The van der Waals surface area contributed by atoms with E-state index in [9.17, 15) is 13.2 Å². The Hall–Kier alpha value is -1.59. The van der Waals surface area contributed by atoms with Crippen LogP contribution in [-0.4, -0.2) is 24.7 Å². The van der Waals surface area contributed by atoms with Crippen molar-refractivity contribution in [3.05, 3.63) is 28.2 Å². The fourth-order valence-corrected chi connectivity index (χ4v) is 2.25. The average molecular weight is 333 g/mol. The molecule has 1 aromatic carbocycles. The van der Waals surface area contributed by atoms with Gasteiger partial charge in [-0.2, -0.15) is 5.26 Å². The van der Waals surface area contributed by atoms with Crippen molar-refractivity contribution in [1.82, 2.24) is 0 Å². The number of hydrogen-bond donors (Lipinski definition) is 2. The van der Waals surface area contributed by atoms with Crippen molar-refractivity contribution in [3.8, 4) is 6.07 Å². The lowest BCUT2D eigenvalue weighted by molar-refractivity contribution is 0.0698. The number of rotatable bonds is 4. The summed E-state index contributed by atoms with van der Waals surface area (Å²) in [5.74, 6) is -1.26. The molecule has 0 bridgehead atoms. The second kappa shape index (κ2) is 5.37. The largest absolute Gasteiger partial charge is 0.478 e. The summed E-state index contributed by atoms with van der Waals surface area (Å²) >= 11 is 3.11. The van der Waals surface area contributed by atoms with Gasteiger partial charge in [-0.25, -0.2) is 13.2 Å². The number of aromatic carboxylic acids is 1. The van der Waals surface area contributed by atoms with Gasteiger partial charge in [-0.05, 0) is 25.1 Å². The zero-order valence-corrected chi connectivity index (χ0v) is 11.6. The van der Waals surface area contributed by atoms with Crippen LogP contribution < -0.4 is 4.72 Å². The van der Waals surface area contributed by atoms with Gasteiger partial charge >= 0.3 is 5.97 Å². The fraction of sp³-hybridized carbons (Fsp3) is 0.200. The van der Waals surface area contributed by atoms with Gasteiger partial charge in [-0.15, -0.1) is 0 Å². The van der Waals surface area contributed by atoms with Crippen LogP contribution in [0.5, 0.6) is 0 Å². The van der Waals surface area contributed by atoms with Crippen molar-refractivity contribution in [2.75, 3.05) is 4.72 Å². The number of nitrogens with one attached hydrogen (secondary N) is 1. The molecule has 0 saturated carbocycles. The maximum atomic E-state index is 11.7. The van der Waals surface area contributed by atoms with Crippen molar-refractivity contribution in [2.45, 2.75) is 12.2 Å². The van der Waals surface area contributed by atoms with Gasteiger partial charge in [0, 0.05) is 4.47 Å². The predicted molar refractivity (Wildman–Crippen MR) is 68.7 cm³/mol. The monoisotopic (exact) mass is 332 g/mol. The number of nitriles is 1. The van der Waals surface area contributed by atoms with E-state index in [0.29, 0.717) is 4.47 Å². The van der Waals surface area contributed by atoms with Crippen LogP contribution in [0.3, 0.4) is 0 Å². The molecule has 0 saturated heterocycles. The van der Waals surface area contributed by atoms with Crippen LogP contribution in [0.2, 0.25) is 0 Å². The van der Waals surface area contributed by atoms with Crippen LogP contribution in [-0.2, 0) is 10.0 Å². The Morgan fingerprint density at radius 3 is 2.67 bits per heavy atom. The average Bonchev–Trinajstić information content (AvgIpc) is 2.26. The third-order valence-electron chi connectivity index (χ3n) is 2.11. The highest BCUT2D eigenvalue weighted by molar-refractivity contribution is 9.10. The first-order valence-corrected chi connectivity index (χ1v) is 7.06. The van der Waals surface area contributed by atoms with Crippen LogP contribution in [0.25, 0.3) is 0 Å². The molecule has 1 aromatic rings. The minimum Gasteiger partial charge on any atom is -0.478 e. The molecule has 1 rings (SSSR count). The molecule has 6 nitrogen and oxygen atoms in total. The number of halogens is 1. The molecule has 0 radical (unpaired) electrons. The molecular weight excluding hydrogens is 324 g/mol. The SMILES string of the molecule is CC(C#N)S(=O)(=O)Nc1cc(Br)ccc1C(=O)O. The number of carbonyl (C=O) groups is 1. The molecule has 1 atom stereocenters. The van der Waals surface area contributed by atoms with Crippen molar-refractivity contribution in [1.29, 1.82) is 5.26 Å². The molecule has 0 aliphatic rings. The Kier molecular flexibility index (Phi) is 4.32. The third kappa shape index (κ3) is 3.21. The highest BCUT2D eigenvalue weighted by atomic mass is 79.9. The minimum atomic E-state index is -3.93. The number of anilines is 1. The molecule has 8 heteroatoms. The zero-order valence-electron chi connectivity index (χ0n) is 9.21. The lowest BCUT2D eigenvalue weighted by Crippen LogP contribution is -2.24. The van der Waals surface area contributed by atoms with Crippen LogP contribution in [0.15, 0.2) is 22.7 Å². The van der Waals surface area contributed by atoms with Crippen molar-refractivity contribution < 1.29 is 18.3 Å². The third-order valence-corrected chi connectivity index (χ3v) is 4.15. The lowest BCUT2D eigenvalue weighted by Gasteiger charge is -2.11. The van der Waals surface area contributed by atoms with Crippen LogP contribution in [0.1, 0.15) is 17.3 Å². The normalized spacial score (nSPS) is 12.5. The van der Waals surface area contributed by atoms with E-state index in [0.717, 1.165) is 0 Å². The van der Waals surface area contributed by atoms with E-state index in [1.807, 2.05) is 0 Å². The van der Waals surface area contributed by atoms with Gasteiger partial charge in [-0.1, -0.05) is 15.9 Å². The van der Waals surface area contributed by atoms with Gasteiger partial charge < -0.3 is 5.11 Å². The molecule has 0 spiro atoms. The summed E-state index contributed by atoms with van der Waals surface area (Å²) in [6.45, 7) is 1.21. The van der Waals surface area contributed by atoms with Gasteiger partial charge in [-0.3, -0.25) is 4.72 Å². The number of carboxylic acids is 1. The van der Waals surface area contributed by atoms with Gasteiger partial charge in [0.2, 0.25) is 10.0 Å². The van der Waals surface area contributed by atoms with Crippen LogP contribution >= 0.6 is 15.9 Å². The van der Waals surface area contributed by atoms with Crippen molar-refractivity contribution in [3.63, 3.8) is 0 Å². The summed E-state index contributed by atoms with van der Waals surface area (Å²) in [4.78, 5) is 10.9. The number of benzene rings is 1. The molecule has 0 amide bonds. The van der Waals surface area contributed by atoms with Crippen LogP contribution in [0.4, 0.5) is 5.69 Å². The summed E-state index contributed by atoms with van der Waals surface area (Å²) < 4.78 is 26.0. The summed E-state index contributed by atoms with van der Waals surface area (Å²) in [5.41, 5.74) is -0.272. The minimum absolute atomic E-state index is 0.0843. The maximum Gasteiger partial charge on any atom is 0.337 e. The number of sulfonamides is 1. The van der Waals surface area contributed by atoms with Gasteiger partial charge in [0.15, 0.2) is 5.25 Å². The second-order valence-electron chi connectivity index (χ2n) is 3.41. The van der Waals surface area contributed by atoms with E-state index >= 15 is 0 Å². The first-order valence-electron chi connectivity index (χ1n) is 4.72. The highest BCUT2D eigenvalue weighted by Gasteiger charge is 2.22. The second-order valence-corrected chi connectivity index (χ2v) is 6.33. The number of hydrogen-bond acceptors (Lipinski definition) is 4. The van der Waals surface area contributed by atoms with Gasteiger partial charge in [0.05, 0.1) is 17.3 Å². The Bertz CT molecular complexity index is 621. The smallest absolute Gasteiger partial charge is 0.337 e. The first kappa shape index (κ1) is 14.5. The summed E-state index contributed by atoms with van der Waals surface area (Å²) in [6, 6.07) is 5.65. The van der Waals surface area contributed by atoms with Crippen LogP contribution in [0, 0.1) is 11.3 Å². The summed E-state index contributed by atoms with van der Waals surface area (Å²) in [5, 5.41) is 16.2. The quantitative estimate of drug-likeness (QED) is 0.874. The fourth-order valence-electron chi connectivity index (χ4n) is 1.10. The van der Waals surface area contributed by atoms with E-state index in [-0.39, 0.29) is 11.3 Å². The van der Waals surface area contributed by atoms with E-state index in [1.54, 1.807) is 6.07 Å². The molecule has 96 valence electrons. The molecule has 0 fully saturated rings. The Morgan fingerprint density at radius 2 is 2.17 bits per heavy atom. The number of carboxylic acid groups (broad SMARTS) is 1. The topological polar surface area (TPSA) is 107 Å². The molecule has 0 heterocycles. The standard InChI is InChI=1S/C10H9BrN2O4S/c1-6(5-12)18(16,17)13-9-4-7(11)2-3-8(9)10(14)15/h2-4,6,13H,1H3,(H,14,15). The summed E-state index contributed by atoms with van der Waals surface area (Å²) in [7, 11) is -3.93. The first-order chi connectivity index (χ1) is 8.27. The molecular formula is C10H9BrN2O4S. The van der Waals surface area contributed by atoms with Gasteiger partial charge in [0.25, 0.3) is 0 Å². The molecule has 0 aromatic heterocycles. The molecule has 18 heavy (non-hydrogen) atoms. The van der Waals surface area contributed by atoms with E-state index in [2.05, 4.69) is 20.7 Å². The Balaban J connectivity index is 3.23. The predicted octanol–water partition coefficient (Wildman–Crippen LogP) is 1.80. The Labute approximate surface area is 112 Å². The zero-order chi connectivity index (χ0) is 13.9. The molecule has 2 N–H and O–H groups in total.